The minimum Gasteiger partial charge on any atom is -0.494 e. The number of rotatable bonds is 5. The Labute approximate surface area is 131 Å². The molecule has 23 heavy (non-hydrogen) atoms. The van der Waals surface area contributed by atoms with E-state index in [1.807, 2.05) is 31.2 Å². The van der Waals surface area contributed by atoms with E-state index in [0.717, 1.165) is 29.6 Å². The molecule has 118 valence electrons. The van der Waals surface area contributed by atoms with E-state index in [4.69, 9.17) is 9.26 Å². The van der Waals surface area contributed by atoms with Gasteiger partial charge in [0.2, 0.25) is 11.7 Å². The summed E-state index contributed by atoms with van der Waals surface area (Å²) in [7, 11) is 0. The molecular weight excluding hydrogens is 301 g/mol. The lowest BCUT2D eigenvalue weighted by Gasteiger charge is -2.02. The van der Waals surface area contributed by atoms with Crippen LogP contribution in [-0.4, -0.2) is 21.3 Å². The zero-order valence-electron chi connectivity index (χ0n) is 12.4. The van der Waals surface area contributed by atoms with Crippen molar-refractivity contribution in [3.8, 4) is 17.1 Å². The summed E-state index contributed by atoms with van der Waals surface area (Å²) in [6.07, 6.45) is 1.10. The Morgan fingerprint density at radius 1 is 1.22 bits per heavy atom. The van der Waals surface area contributed by atoms with Crippen LogP contribution < -0.4 is 10.3 Å². The molecule has 0 saturated carbocycles. The standard InChI is InChI=1S/C16H14FN3O3/c1-2-22-13-6-3-11(4-7-13)16-18-14(23-19-16)10-20-9-12(17)5-8-15(20)21/h3-9H,2,10H2,1H3. The number of benzene rings is 1. The highest BCUT2D eigenvalue weighted by Gasteiger charge is 2.10. The van der Waals surface area contributed by atoms with E-state index in [0.29, 0.717) is 12.4 Å². The first kappa shape index (κ1) is 15.0. The van der Waals surface area contributed by atoms with E-state index in [1.54, 1.807) is 0 Å². The first-order valence-electron chi connectivity index (χ1n) is 7.07. The smallest absolute Gasteiger partial charge is 0.251 e. The van der Waals surface area contributed by atoms with E-state index in [9.17, 15) is 9.18 Å². The van der Waals surface area contributed by atoms with E-state index < -0.39 is 5.82 Å². The Bertz CT molecular complexity index is 856. The maximum absolute atomic E-state index is 13.2. The van der Waals surface area contributed by atoms with Crippen molar-refractivity contribution in [3.05, 3.63) is 64.7 Å². The summed E-state index contributed by atoms with van der Waals surface area (Å²) in [5.41, 5.74) is 0.419. The maximum Gasteiger partial charge on any atom is 0.251 e. The molecule has 3 rings (SSSR count). The molecule has 0 N–H and O–H groups in total. The SMILES string of the molecule is CCOc1ccc(-c2noc(Cn3cc(F)ccc3=O)n2)cc1. The molecule has 0 fully saturated rings. The lowest BCUT2D eigenvalue weighted by atomic mass is 10.2. The van der Waals surface area contributed by atoms with Crippen LogP contribution in [0, 0.1) is 5.82 Å². The topological polar surface area (TPSA) is 70.2 Å². The second kappa shape index (κ2) is 6.43. The van der Waals surface area contributed by atoms with Crippen LogP contribution >= 0.6 is 0 Å². The van der Waals surface area contributed by atoms with E-state index in [-0.39, 0.29) is 18.0 Å². The Kier molecular flexibility index (Phi) is 4.18. The van der Waals surface area contributed by atoms with E-state index in [1.165, 1.54) is 4.57 Å². The Hall–Kier alpha value is -2.96. The summed E-state index contributed by atoms with van der Waals surface area (Å²) in [4.78, 5) is 15.9. The van der Waals surface area contributed by atoms with Crippen LogP contribution in [-0.2, 0) is 6.54 Å². The van der Waals surface area contributed by atoms with Crippen LogP contribution in [0.25, 0.3) is 11.4 Å². The van der Waals surface area contributed by atoms with Gasteiger partial charge >= 0.3 is 0 Å². The van der Waals surface area contributed by atoms with Gasteiger partial charge in [-0.2, -0.15) is 4.98 Å². The van der Waals surface area contributed by atoms with Gasteiger partial charge in [0.15, 0.2) is 0 Å². The summed E-state index contributed by atoms with van der Waals surface area (Å²) in [5, 5.41) is 3.87. The Morgan fingerprint density at radius 2 is 2.00 bits per heavy atom. The second-order valence-corrected chi connectivity index (χ2v) is 4.78. The monoisotopic (exact) mass is 315 g/mol. The van der Waals surface area contributed by atoms with Gasteiger partial charge in [-0.05, 0) is 37.3 Å². The normalized spacial score (nSPS) is 10.7. The molecule has 0 aliphatic heterocycles. The number of hydrogen-bond acceptors (Lipinski definition) is 5. The fourth-order valence-electron chi connectivity index (χ4n) is 2.07. The predicted octanol–water partition coefficient (Wildman–Crippen LogP) is 2.48. The third kappa shape index (κ3) is 3.45. The van der Waals surface area contributed by atoms with Gasteiger partial charge in [-0.25, -0.2) is 4.39 Å². The number of ether oxygens (including phenoxy) is 1. The molecule has 2 heterocycles. The van der Waals surface area contributed by atoms with Gasteiger partial charge in [-0.15, -0.1) is 0 Å². The lowest BCUT2D eigenvalue weighted by Crippen LogP contribution is -2.19. The Balaban J connectivity index is 1.80. The van der Waals surface area contributed by atoms with Gasteiger partial charge in [0.05, 0.1) is 6.61 Å². The minimum atomic E-state index is -0.504. The quantitative estimate of drug-likeness (QED) is 0.723. The van der Waals surface area contributed by atoms with Crippen molar-refractivity contribution in [1.82, 2.24) is 14.7 Å². The average molecular weight is 315 g/mol. The van der Waals surface area contributed by atoms with Crippen LogP contribution in [0.5, 0.6) is 5.75 Å². The third-order valence-corrected chi connectivity index (χ3v) is 3.14. The highest BCUT2D eigenvalue weighted by molar-refractivity contribution is 5.55. The largest absolute Gasteiger partial charge is 0.494 e. The number of aromatic nitrogens is 3. The van der Waals surface area contributed by atoms with Crippen LogP contribution in [0.3, 0.4) is 0 Å². The van der Waals surface area contributed by atoms with Crippen molar-refractivity contribution in [1.29, 1.82) is 0 Å². The van der Waals surface area contributed by atoms with Crippen molar-refractivity contribution in [2.45, 2.75) is 13.5 Å². The molecule has 0 saturated heterocycles. The number of nitrogens with zero attached hydrogens (tertiary/aromatic N) is 3. The molecule has 0 radical (unpaired) electrons. The van der Waals surface area contributed by atoms with Crippen LogP contribution in [0.2, 0.25) is 0 Å². The summed E-state index contributed by atoms with van der Waals surface area (Å²) < 4.78 is 24.8. The molecule has 6 nitrogen and oxygen atoms in total. The molecule has 0 bridgehead atoms. The van der Waals surface area contributed by atoms with Crippen LogP contribution in [0.15, 0.2) is 51.9 Å². The zero-order chi connectivity index (χ0) is 16.2. The summed E-state index contributed by atoms with van der Waals surface area (Å²) in [6, 6.07) is 9.51. The fourth-order valence-corrected chi connectivity index (χ4v) is 2.07. The Morgan fingerprint density at radius 3 is 2.74 bits per heavy atom. The van der Waals surface area contributed by atoms with Crippen LogP contribution in [0.4, 0.5) is 4.39 Å². The molecule has 0 unspecified atom stereocenters. The number of halogens is 1. The van der Waals surface area contributed by atoms with Crippen LogP contribution in [0.1, 0.15) is 12.8 Å². The minimum absolute atomic E-state index is 0.0145. The van der Waals surface area contributed by atoms with Crippen molar-refractivity contribution < 1.29 is 13.7 Å². The van der Waals surface area contributed by atoms with Crippen molar-refractivity contribution >= 4 is 0 Å². The predicted molar refractivity (Wildman–Crippen MR) is 80.7 cm³/mol. The van der Waals surface area contributed by atoms with Gasteiger partial charge in [0.1, 0.15) is 18.1 Å². The molecule has 1 aromatic carbocycles. The highest BCUT2D eigenvalue weighted by atomic mass is 19.1. The summed E-state index contributed by atoms with van der Waals surface area (Å²) >= 11 is 0. The molecular formula is C16H14FN3O3. The van der Waals surface area contributed by atoms with Crippen molar-refractivity contribution in [2.24, 2.45) is 0 Å². The lowest BCUT2D eigenvalue weighted by molar-refractivity contribution is 0.340. The average Bonchev–Trinajstić information content (AvgIpc) is 3.01. The van der Waals surface area contributed by atoms with E-state index in [2.05, 4.69) is 10.1 Å². The first-order chi connectivity index (χ1) is 11.2. The fraction of sp³-hybridized carbons (Fsp3) is 0.188. The van der Waals surface area contributed by atoms with Gasteiger partial charge in [0.25, 0.3) is 5.56 Å². The van der Waals surface area contributed by atoms with Crippen molar-refractivity contribution in [2.75, 3.05) is 6.61 Å². The number of pyridine rings is 1. The van der Waals surface area contributed by atoms with Gasteiger partial charge in [-0.3, -0.25) is 4.79 Å². The summed E-state index contributed by atoms with van der Waals surface area (Å²) in [5.74, 6) is 0.871. The van der Waals surface area contributed by atoms with Gasteiger partial charge in [-0.1, -0.05) is 5.16 Å². The molecule has 0 aliphatic carbocycles. The first-order valence-corrected chi connectivity index (χ1v) is 7.07. The zero-order valence-corrected chi connectivity index (χ0v) is 12.4. The molecule has 0 aliphatic rings. The summed E-state index contributed by atoms with van der Waals surface area (Å²) in [6.45, 7) is 2.52. The molecule has 2 aromatic heterocycles. The third-order valence-electron chi connectivity index (χ3n) is 3.14. The van der Waals surface area contributed by atoms with E-state index >= 15 is 0 Å². The van der Waals surface area contributed by atoms with Gasteiger partial charge < -0.3 is 13.8 Å². The molecule has 7 heteroatoms. The maximum atomic E-state index is 13.2. The molecule has 0 spiro atoms. The van der Waals surface area contributed by atoms with Crippen molar-refractivity contribution in [3.63, 3.8) is 0 Å². The molecule has 0 amide bonds. The highest BCUT2D eigenvalue weighted by Crippen LogP contribution is 2.20. The molecule has 3 aromatic rings. The molecule has 0 atom stereocenters. The van der Waals surface area contributed by atoms with Gasteiger partial charge in [0, 0.05) is 17.8 Å². The second-order valence-electron chi connectivity index (χ2n) is 4.78. The number of hydrogen-bond donors (Lipinski definition) is 0.